The summed E-state index contributed by atoms with van der Waals surface area (Å²) in [7, 11) is 1.65. The molecule has 1 fully saturated rings. The third kappa shape index (κ3) is 3.78. The van der Waals surface area contributed by atoms with E-state index in [2.05, 4.69) is 4.90 Å². The Morgan fingerprint density at radius 3 is 2.77 bits per heavy atom. The van der Waals surface area contributed by atoms with E-state index < -0.39 is 10.0 Å². The Hall–Kier alpha value is -1.15. The standard InChI is InChI=1S/C15H24N2O4S/c1-12-9-14(5-6-15(12)20-4)22(18,19)17(3)11-13-10-16(2)7-8-21-13/h5-6,9,13H,7-8,10-11H2,1-4H3. The van der Waals surface area contributed by atoms with Crippen LogP contribution in [0.2, 0.25) is 0 Å². The van der Waals surface area contributed by atoms with Gasteiger partial charge in [-0.05, 0) is 37.7 Å². The highest BCUT2D eigenvalue weighted by Gasteiger charge is 2.26. The van der Waals surface area contributed by atoms with Crippen LogP contribution in [0.3, 0.4) is 0 Å². The van der Waals surface area contributed by atoms with Gasteiger partial charge < -0.3 is 14.4 Å². The summed E-state index contributed by atoms with van der Waals surface area (Å²) in [6.07, 6.45) is -0.0992. The fourth-order valence-corrected chi connectivity index (χ4v) is 3.84. The van der Waals surface area contributed by atoms with Crippen molar-refractivity contribution >= 4 is 10.0 Å². The first kappa shape index (κ1) is 17.2. The SMILES string of the molecule is COc1ccc(S(=O)(=O)N(C)CC2CN(C)CCO2)cc1C. The van der Waals surface area contributed by atoms with Crippen molar-refractivity contribution in [2.24, 2.45) is 0 Å². The van der Waals surface area contributed by atoms with Gasteiger partial charge in [0.1, 0.15) is 5.75 Å². The van der Waals surface area contributed by atoms with Crippen molar-refractivity contribution in [2.45, 2.75) is 17.9 Å². The molecule has 0 amide bonds. The number of morpholine rings is 1. The first-order chi connectivity index (χ1) is 10.3. The smallest absolute Gasteiger partial charge is 0.242 e. The molecule has 0 radical (unpaired) electrons. The van der Waals surface area contributed by atoms with E-state index in [-0.39, 0.29) is 11.0 Å². The number of likely N-dealkylation sites (N-methyl/N-ethyl adjacent to an activating group) is 2. The van der Waals surface area contributed by atoms with E-state index >= 15 is 0 Å². The molecule has 1 aromatic carbocycles. The van der Waals surface area contributed by atoms with Gasteiger partial charge in [-0.2, -0.15) is 4.31 Å². The molecule has 0 aliphatic carbocycles. The molecule has 1 aliphatic heterocycles. The fourth-order valence-electron chi connectivity index (χ4n) is 2.55. The molecule has 124 valence electrons. The molecule has 1 heterocycles. The van der Waals surface area contributed by atoms with Gasteiger partial charge in [0, 0.05) is 26.7 Å². The average Bonchev–Trinajstić information content (AvgIpc) is 2.47. The zero-order valence-electron chi connectivity index (χ0n) is 13.6. The molecule has 6 nitrogen and oxygen atoms in total. The predicted octanol–water partition coefficient (Wildman–Crippen LogP) is 0.955. The molecule has 2 rings (SSSR count). The molecule has 1 aliphatic rings. The summed E-state index contributed by atoms with van der Waals surface area (Å²) in [4.78, 5) is 2.42. The molecule has 7 heteroatoms. The lowest BCUT2D eigenvalue weighted by atomic mass is 10.2. The molecule has 1 unspecified atom stereocenters. The van der Waals surface area contributed by atoms with Crippen molar-refractivity contribution in [3.05, 3.63) is 23.8 Å². The van der Waals surface area contributed by atoms with E-state index in [1.54, 1.807) is 32.4 Å². The first-order valence-electron chi connectivity index (χ1n) is 7.25. The lowest BCUT2D eigenvalue weighted by molar-refractivity contribution is -0.0247. The van der Waals surface area contributed by atoms with Crippen LogP contribution >= 0.6 is 0 Å². The van der Waals surface area contributed by atoms with E-state index in [1.807, 2.05) is 14.0 Å². The van der Waals surface area contributed by atoms with Crippen LogP contribution < -0.4 is 4.74 Å². The quantitative estimate of drug-likeness (QED) is 0.806. The van der Waals surface area contributed by atoms with Crippen molar-refractivity contribution in [1.82, 2.24) is 9.21 Å². The summed E-state index contributed by atoms with van der Waals surface area (Å²) in [6, 6.07) is 4.89. The van der Waals surface area contributed by atoms with Crippen LogP contribution in [0.25, 0.3) is 0 Å². The third-order valence-electron chi connectivity index (χ3n) is 3.88. The zero-order chi connectivity index (χ0) is 16.3. The molecule has 1 saturated heterocycles. The minimum absolute atomic E-state index is 0.0992. The Labute approximate surface area is 132 Å². The fraction of sp³-hybridized carbons (Fsp3) is 0.600. The van der Waals surface area contributed by atoms with Crippen molar-refractivity contribution in [3.63, 3.8) is 0 Å². The van der Waals surface area contributed by atoms with Crippen LogP contribution in [0.1, 0.15) is 5.56 Å². The highest BCUT2D eigenvalue weighted by Crippen LogP contribution is 2.23. The van der Waals surface area contributed by atoms with Crippen LogP contribution in [-0.2, 0) is 14.8 Å². The lowest BCUT2D eigenvalue weighted by Crippen LogP contribution is -2.46. The highest BCUT2D eigenvalue weighted by molar-refractivity contribution is 7.89. The Balaban J connectivity index is 2.13. The van der Waals surface area contributed by atoms with Gasteiger partial charge in [0.25, 0.3) is 0 Å². The molecule has 22 heavy (non-hydrogen) atoms. The number of rotatable bonds is 5. The number of sulfonamides is 1. The topological polar surface area (TPSA) is 59.1 Å². The highest BCUT2D eigenvalue weighted by atomic mass is 32.2. The van der Waals surface area contributed by atoms with Gasteiger partial charge in [-0.3, -0.25) is 0 Å². The summed E-state index contributed by atoms with van der Waals surface area (Å²) in [5.74, 6) is 0.679. The summed E-state index contributed by atoms with van der Waals surface area (Å²) in [5.41, 5.74) is 0.797. The molecule has 0 spiro atoms. The summed E-state index contributed by atoms with van der Waals surface area (Å²) >= 11 is 0. The van der Waals surface area contributed by atoms with Gasteiger partial charge in [-0.25, -0.2) is 8.42 Å². The molecule has 0 saturated carbocycles. The lowest BCUT2D eigenvalue weighted by Gasteiger charge is -2.32. The van der Waals surface area contributed by atoms with Crippen LogP contribution in [0.15, 0.2) is 23.1 Å². The number of methoxy groups -OCH3 is 1. The second-order valence-electron chi connectivity index (χ2n) is 5.67. The van der Waals surface area contributed by atoms with E-state index in [1.165, 1.54) is 4.31 Å². The van der Waals surface area contributed by atoms with Gasteiger partial charge in [-0.1, -0.05) is 0 Å². The van der Waals surface area contributed by atoms with Crippen molar-refractivity contribution in [2.75, 3.05) is 47.4 Å². The number of aryl methyl sites for hydroxylation is 1. The van der Waals surface area contributed by atoms with Gasteiger partial charge in [-0.15, -0.1) is 0 Å². The number of nitrogens with zero attached hydrogens (tertiary/aromatic N) is 2. The Morgan fingerprint density at radius 1 is 1.45 bits per heavy atom. The van der Waals surface area contributed by atoms with Gasteiger partial charge in [0.05, 0.1) is 24.7 Å². The van der Waals surface area contributed by atoms with Crippen LogP contribution in [0.4, 0.5) is 0 Å². The normalized spacial score (nSPS) is 20.3. The number of hydrogen-bond donors (Lipinski definition) is 0. The summed E-state index contributed by atoms with van der Waals surface area (Å²) in [5, 5.41) is 0. The van der Waals surface area contributed by atoms with E-state index in [0.29, 0.717) is 18.9 Å². The van der Waals surface area contributed by atoms with Crippen molar-refractivity contribution in [1.29, 1.82) is 0 Å². The van der Waals surface area contributed by atoms with Crippen LogP contribution in [0.5, 0.6) is 5.75 Å². The molecule has 0 aromatic heterocycles. The molecular formula is C15H24N2O4S. The maximum Gasteiger partial charge on any atom is 0.242 e. The minimum Gasteiger partial charge on any atom is -0.496 e. The maximum absolute atomic E-state index is 12.7. The minimum atomic E-state index is -3.52. The largest absolute Gasteiger partial charge is 0.496 e. The summed E-state index contributed by atoms with van der Waals surface area (Å²) in [6.45, 7) is 4.43. The second-order valence-corrected chi connectivity index (χ2v) is 7.72. The zero-order valence-corrected chi connectivity index (χ0v) is 14.4. The molecule has 0 N–H and O–H groups in total. The van der Waals surface area contributed by atoms with Crippen molar-refractivity contribution in [3.8, 4) is 5.75 Å². The monoisotopic (exact) mass is 328 g/mol. The molecule has 0 bridgehead atoms. The van der Waals surface area contributed by atoms with E-state index in [4.69, 9.17) is 9.47 Å². The van der Waals surface area contributed by atoms with Gasteiger partial charge >= 0.3 is 0 Å². The Morgan fingerprint density at radius 2 is 2.18 bits per heavy atom. The Kier molecular flexibility index (Phi) is 5.44. The first-order valence-corrected chi connectivity index (χ1v) is 8.69. The Bertz CT molecular complexity index is 618. The molecular weight excluding hydrogens is 304 g/mol. The number of ether oxygens (including phenoxy) is 2. The van der Waals surface area contributed by atoms with Gasteiger partial charge in [0.15, 0.2) is 0 Å². The predicted molar refractivity (Wildman–Crippen MR) is 84.8 cm³/mol. The molecule has 1 atom stereocenters. The average molecular weight is 328 g/mol. The van der Waals surface area contributed by atoms with E-state index in [9.17, 15) is 8.42 Å². The molecule has 1 aromatic rings. The second kappa shape index (κ2) is 6.95. The van der Waals surface area contributed by atoms with Crippen molar-refractivity contribution < 1.29 is 17.9 Å². The van der Waals surface area contributed by atoms with E-state index in [0.717, 1.165) is 18.7 Å². The van der Waals surface area contributed by atoms with Crippen LogP contribution in [-0.4, -0.2) is 71.2 Å². The summed E-state index contributed by atoms with van der Waals surface area (Å²) < 4.78 is 37.5. The van der Waals surface area contributed by atoms with Gasteiger partial charge in [0.2, 0.25) is 10.0 Å². The third-order valence-corrected chi connectivity index (χ3v) is 5.70. The number of hydrogen-bond acceptors (Lipinski definition) is 5. The maximum atomic E-state index is 12.7. The van der Waals surface area contributed by atoms with Crippen LogP contribution in [0, 0.1) is 6.92 Å². The number of benzene rings is 1.